The maximum atomic E-state index is 13.3. The van der Waals surface area contributed by atoms with Gasteiger partial charge in [0.25, 0.3) is 12.3 Å². The Kier molecular flexibility index (Phi) is 7.96. The summed E-state index contributed by atoms with van der Waals surface area (Å²) in [6, 6.07) is 14.4. The van der Waals surface area contributed by atoms with E-state index in [9.17, 15) is 22.0 Å². The van der Waals surface area contributed by atoms with Crippen molar-refractivity contribution in [3.63, 3.8) is 0 Å². The van der Waals surface area contributed by atoms with Crippen molar-refractivity contribution >= 4 is 32.5 Å². The first-order valence-electron chi connectivity index (χ1n) is 13.0. The third-order valence-corrected chi connectivity index (χ3v) is 7.86. The molecule has 41 heavy (non-hydrogen) atoms. The lowest BCUT2D eigenvalue weighted by Gasteiger charge is -2.36. The predicted molar refractivity (Wildman–Crippen MR) is 151 cm³/mol. The van der Waals surface area contributed by atoms with Gasteiger partial charge in [0.05, 0.1) is 46.2 Å². The summed E-state index contributed by atoms with van der Waals surface area (Å²) in [6.07, 6.45) is -0.305. The molecule has 5 rings (SSSR count). The molecule has 4 aromatic rings. The molecule has 0 saturated carbocycles. The molecule has 1 aromatic carbocycles. The highest BCUT2D eigenvalue weighted by molar-refractivity contribution is 7.90. The largest absolute Gasteiger partial charge is 0.372 e. The van der Waals surface area contributed by atoms with Crippen LogP contribution >= 0.6 is 0 Å². The Bertz CT molecular complexity index is 1710. The normalized spacial score (nSPS) is 17.7. The van der Waals surface area contributed by atoms with E-state index in [0.29, 0.717) is 16.9 Å². The predicted octanol–water partition coefficient (Wildman–Crippen LogP) is 4.58. The molecule has 1 N–H and O–H groups in total. The monoisotopic (exact) mass is 581 g/mol. The summed E-state index contributed by atoms with van der Waals surface area (Å²) < 4.78 is 56.4. The Morgan fingerprint density at radius 1 is 1.05 bits per heavy atom. The van der Waals surface area contributed by atoms with Crippen molar-refractivity contribution in [2.24, 2.45) is 0 Å². The van der Waals surface area contributed by atoms with Gasteiger partial charge in [-0.1, -0.05) is 12.1 Å². The van der Waals surface area contributed by atoms with E-state index in [1.165, 1.54) is 6.07 Å². The number of nitrogens with one attached hydrogen (secondary N) is 1. The Morgan fingerprint density at radius 3 is 2.49 bits per heavy atom. The van der Waals surface area contributed by atoms with Gasteiger partial charge in [0.2, 0.25) is 0 Å². The highest BCUT2D eigenvalue weighted by Crippen LogP contribution is 2.28. The molecule has 1 aliphatic rings. The van der Waals surface area contributed by atoms with E-state index in [4.69, 9.17) is 14.7 Å². The average Bonchev–Trinajstić information content (AvgIpc) is 2.94. The maximum absolute atomic E-state index is 13.3. The summed E-state index contributed by atoms with van der Waals surface area (Å²) in [5, 5.41) is 3.47. The van der Waals surface area contributed by atoms with Gasteiger partial charge in [-0.25, -0.2) is 27.2 Å². The lowest BCUT2D eigenvalue weighted by Crippen LogP contribution is -2.45. The summed E-state index contributed by atoms with van der Waals surface area (Å²) in [5.74, 6) is 0.234. The van der Waals surface area contributed by atoms with Crippen LogP contribution in [-0.4, -0.2) is 60.8 Å². The molecule has 12 heteroatoms. The lowest BCUT2D eigenvalue weighted by atomic mass is 10.1. The topological polar surface area (TPSA) is 114 Å². The summed E-state index contributed by atoms with van der Waals surface area (Å²) in [7, 11) is -3.96. The Balaban J connectivity index is 1.34. The van der Waals surface area contributed by atoms with Gasteiger partial charge in [-0.05, 0) is 56.3 Å². The van der Waals surface area contributed by atoms with Gasteiger partial charge >= 0.3 is 0 Å². The van der Waals surface area contributed by atoms with Crippen LogP contribution < -0.4 is 10.2 Å². The van der Waals surface area contributed by atoms with E-state index in [1.807, 2.05) is 44.2 Å². The number of amides is 1. The number of halogens is 2. The maximum Gasteiger partial charge on any atom is 0.265 e. The zero-order valence-corrected chi connectivity index (χ0v) is 23.5. The second-order valence-corrected chi connectivity index (χ2v) is 12.1. The summed E-state index contributed by atoms with van der Waals surface area (Å²) in [4.78, 5) is 28.4. The highest BCUT2D eigenvalue weighted by atomic mass is 32.2. The number of rotatable bonds is 7. The molecule has 1 aliphatic heterocycles. The van der Waals surface area contributed by atoms with Crippen LogP contribution in [0.4, 0.5) is 14.6 Å². The number of benzene rings is 1. The molecule has 0 bridgehead atoms. The fourth-order valence-electron chi connectivity index (χ4n) is 4.85. The fourth-order valence-corrected chi connectivity index (χ4v) is 5.78. The van der Waals surface area contributed by atoms with Crippen LogP contribution in [0.25, 0.3) is 22.3 Å². The molecule has 1 fully saturated rings. The number of fused-ring (bicyclic) bond motifs is 1. The zero-order valence-electron chi connectivity index (χ0n) is 22.7. The number of hydrogen-bond acceptors (Lipinski definition) is 8. The fraction of sp³-hybridized carbons (Fsp3) is 0.310. The smallest absolute Gasteiger partial charge is 0.265 e. The van der Waals surface area contributed by atoms with Crippen LogP contribution in [0.15, 0.2) is 65.7 Å². The quantitative estimate of drug-likeness (QED) is 0.338. The van der Waals surface area contributed by atoms with Gasteiger partial charge in [-0.2, -0.15) is 0 Å². The van der Waals surface area contributed by atoms with Crippen molar-refractivity contribution in [1.82, 2.24) is 20.3 Å². The van der Waals surface area contributed by atoms with E-state index in [-0.39, 0.29) is 24.3 Å². The molecule has 0 aliphatic carbocycles. The SMILES string of the molecule is C[C@@H]1CN(c2cccc(-c3ccc4cnc(CNC(=O)c5ccc(C(F)F)c(S(C)(=O)=O)c5)cc4n3)n2)C[C@@H](C)O1. The van der Waals surface area contributed by atoms with Crippen molar-refractivity contribution in [1.29, 1.82) is 0 Å². The number of ether oxygens (including phenoxy) is 1. The lowest BCUT2D eigenvalue weighted by molar-refractivity contribution is -0.00545. The van der Waals surface area contributed by atoms with E-state index >= 15 is 0 Å². The van der Waals surface area contributed by atoms with Gasteiger partial charge in [0, 0.05) is 42.1 Å². The molecule has 214 valence electrons. The third kappa shape index (κ3) is 6.49. The molecular weight excluding hydrogens is 552 g/mol. The minimum Gasteiger partial charge on any atom is -0.372 e. The van der Waals surface area contributed by atoms with Gasteiger partial charge in [-0.15, -0.1) is 0 Å². The van der Waals surface area contributed by atoms with Crippen molar-refractivity contribution in [3.05, 3.63) is 77.6 Å². The van der Waals surface area contributed by atoms with Crippen LogP contribution in [0.5, 0.6) is 0 Å². The number of alkyl halides is 2. The number of pyridine rings is 3. The minimum atomic E-state index is -3.96. The van der Waals surface area contributed by atoms with Crippen LogP contribution in [0, 0.1) is 0 Å². The number of anilines is 1. The van der Waals surface area contributed by atoms with Crippen molar-refractivity contribution in [3.8, 4) is 11.4 Å². The number of sulfone groups is 1. The van der Waals surface area contributed by atoms with Gasteiger partial charge in [0.15, 0.2) is 9.84 Å². The van der Waals surface area contributed by atoms with Crippen molar-refractivity contribution in [2.75, 3.05) is 24.2 Å². The number of carbonyl (C=O) groups excluding carboxylic acids is 1. The molecule has 1 saturated heterocycles. The molecular formula is C29H29F2N5O4S. The second kappa shape index (κ2) is 11.5. The first-order chi connectivity index (χ1) is 19.5. The first kappa shape index (κ1) is 28.5. The van der Waals surface area contributed by atoms with Crippen LogP contribution in [0.2, 0.25) is 0 Å². The Hall–Kier alpha value is -4.03. The second-order valence-electron chi connectivity index (χ2n) is 10.1. The number of nitrogens with zero attached hydrogens (tertiary/aromatic N) is 4. The number of hydrogen-bond donors (Lipinski definition) is 1. The highest BCUT2D eigenvalue weighted by Gasteiger charge is 2.24. The number of aromatic nitrogens is 3. The third-order valence-electron chi connectivity index (χ3n) is 6.71. The van der Waals surface area contributed by atoms with Gasteiger partial charge in [0.1, 0.15) is 5.82 Å². The molecule has 3 aromatic heterocycles. The summed E-state index contributed by atoms with van der Waals surface area (Å²) >= 11 is 0. The summed E-state index contributed by atoms with van der Waals surface area (Å²) in [6.45, 7) is 5.60. The zero-order chi connectivity index (χ0) is 29.3. The Labute approximate surface area is 236 Å². The average molecular weight is 582 g/mol. The van der Waals surface area contributed by atoms with E-state index < -0.39 is 32.6 Å². The molecule has 1 amide bonds. The van der Waals surface area contributed by atoms with Crippen LogP contribution in [0.3, 0.4) is 0 Å². The van der Waals surface area contributed by atoms with E-state index in [2.05, 4.69) is 15.2 Å². The van der Waals surface area contributed by atoms with Gasteiger partial charge < -0.3 is 15.0 Å². The van der Waals surface area contributed by atoms with Gasteiger partial charge in [-0.3, -0.25) is 9.78 Å². The minimum absolute atomic E-state index is 0.0205. The molecule has 0 unspecified atom stereocenters. The van der Waals surface area contributed by atoms with E-state index in [0.717, 1.165) is 48.4 Å². The first-order valence-corrected chi connectivity index (χ1v) is 14.9. The summed E-state index contributed by atoms with van der Waals surface area (Å²) in [5.41, 5.74) is 1.88. The van der Waals surface area contributed by atoms with Crippen molar-refractivity contribution in [2.45, 2.75) is 43.9 Å². The molecule has 2 atom stereocenters. The molecule has 0 spiro atoms. The Morgan fingerprint density at radius 2 is 1.78 bits per heavy atom. The number of morpholine rings is 1. The molecule has 9 nitrogen and oxygen atoms in total. The van der Waals surface area contributed by atoms with Crippen molar-refractivity contribution < 1.29 is 26.7 Å². The van der Waals surface area contributed by atoms with E-state index in [1.54, 1.807) is 12.3 Å². The van der Waals surface area contributed by atoms with Crippen LogP contribution in [-0.2, 0) is 21.1 Å². The molecule has 0 radical (unpaired) electrons. The standard InChI is InChI=1S/C29H29F2N5O4S/c1-17-15-36(16-18(2)40-17)27-6-4-5-23(35-27)24-10-8-20-13-32-21(12-25(20)34-24)14-33-29(37)19-7-9-22(28(30)31)26(11-19)41(3,38)39/h4-13,17-18,28H,14-16H2,1-3H3,(H,33,37)/t17-,18-/m1/s1. The number of carbonyl (C=O) groups is 1. The molecule has 4 heterocycles. The van der Waals surface area contributed by atoms with Crippen LogP contribution in [0.1, 0.15) is 41.9 Å².